The average molecular weight is 371 g/mol. The molecule has 0 aliphatic heterocycles. The minimum Gasteiger partial charge on any atom is -0.444 e. The van der Waals surface area contributed by atoms with Crippen LogP contribution in [0.3, 0.4) is 0 Å². The third-order valence-corrected chi connectivity index (χ3v) is 6.99. The predicted octanol–water partition coefficient (Wildman–Crippen LogP) is 4.82. The monoisotopic (exact) mass is 370 g/mol. The lowest BCUT2D eigenvalue weighted by Gasteiger charge is -2.41. The standard InChI is InChI=1S/C20H38N2O2S/c1-19(2,3)24-18(23)22(17-10-7-5-6-8-11-17)15-14-21-16-20(25-4)12-9-13-20/h17,21H,5-16H2,1-4H3. The molecule has 0 aromatic rings. The molecular weight excluding hydrogens is 332 g/mol. The summed E-state index contributed by atoms with van der Waals surface area (Å²) in [5.74, 6) is 0. The minimum absolute atomic E-state index is 0.135. The van der Waals surface area contributed by atoms with Gasteiger partial charge in [-0.15, -0.1) is 0 Å². The molecule has 4 nitrogen and oxygen atoms in total. The van der Waals surface area contributed by atoms with Crippen LogP contribution >= 0.6 is 11.8 Å². The molecule has 0 atom stereocenters. The quantitative estimate of drug-likeness (QED) is 0.515. The van der Waals surface area contributed by atoms with Crippen molar-refractivity contribution in [2.45, 2.75) is 94.9 Å². The van der Waals surface area contributed by atoms with E-state index in [0.717, 1.165) is 32.5 Å². The number of carbonyl (C=O) groups is 1. The summed E-state index contributed by atoms with van der Waals surface area (Å²) in [6, 6.07) is 0.345. The molecule has 2 aliphatic rings. The summed E-state index contributed by atoms with van der Waals surface area (Å²) >= 11 is 2.00. The molecule has 1 N–H and O–H groups in total. The molecule has 0 heterocycles. The fourth-order valence-corrected chi connectivity index (χ4v) is 4.80. The van der Waals surface area contributed by atoms with Crippen molar-refractivity contribution in [2.75, 3.05) is 25.9 Å². The first-order valence-corrected chi connectivity index (χ1v) is 11.3. The Bertz CT molecular complexity index is 405. The lowest BCUT2D eigenvalue weighted by Crippen LogP contribution is -2.48. The number of carbonyl (C=O) groups excluding carboxylic acids is 1. The highest BCUT2D eigenvalue weighted by Crippen LogP contribution is 2.42. The fourth-order valence-electron chi connectivity index (χ4n) is 3.85. The number of thioether (sulfide) groups is 1. The SMILES string of the molecule is CSC1(CNCCN(C(=O)OC(C)(C)C)C2CCCCCC2)CCC1. The largest absolute Gasteiger partial charge is 0.444 e. The van der Waals surface area contributed by atoms with Gasteiger partial charge in [0.15, 0.2) is 0 Å². The van der Waals surface area contributed by atoms with E-state index in [1.165, 1.54) is 44.9 Å². The molecule has 25 heavy (non-hydrogen) atoms. The summed E-state index contributed by atoms with van der Waals surface area (Å²) in [6.45, 7) is 8.52. The van der Waals surface area contributed by atoms with Gasteiger partial charge in [-0.25, -0.2) is 4.79 Å². The van der Waals surface area contributed by atoms with Gasteiger partial charge < -0.3 is 15.0 Å². The lowest BCUT2D eigenvalue weighted by molar-refractivity contribution is 0.0147. The van der Waals surface area contributed by atoms with E-state index in [1.54, 1.807) is 0 Å². The molecule has 2 saturated carbocycles. The van der Waals surface area contributed by atoms with Gasteiger partial charge in [0, 0.05) is 30.4 Å². The van der Waals surface area contributed by atoms with E-state index in [0.29, 0.717) is 10.8 Å². The smallest absolute Gasteiger partial charge is 0.410 e. The van der Waals surface area contributed by atoms with Crippen molar-refractivity contribution in [3.63, 3.8) is 0 Å². The Hall–Kier alpha value is -0.420. The molecule has 0 aromatic heterocycles. The first-order chi connectivity index (χ1) is 11.9. The van der Waals surface area contributed by atoms with E-state index in [2.05, 4.69) is 11.6 Å². The maximum Gasteiger partial charge on any atom is 0.410 e. The molecule has 1 amide bonds. The molecule has 0 aromatic carbocycles. The van der Waals surface area contributed by atoms with Crippen LogP contribution in [0.1, 0.15) is 78.6 Å². The molecule has 2 aliphatic carbocycles. The summed E-state index contributed by atoms with van der Waals surface area (Å²) in [5, 5.41) is 3.61. The number of hydrogen-bond donors (Lipinski definition) is 1. The topological polar surface area (TPSA) is 41.6 Å². The zero-order chi connectivity index (χ0) is 18.3. The van der Waals surface area contributed by atoms with E-state index in [1.807, 2.05) is 37.4 Å². The fraction of sp³-hybridized carbons (Fsp3) is 0.950. The summed E-state index contributed by atoms with van der Waals surface area (Å²) in [7, 11) is 0. The Morgan fingerprint density at radius 3 is 2.28 bits per heavy atom. The molecule has 2 rings (SSSR count). The average Bonchev–Trinajstić information content (AvgIpc) is 2.76. The van der Waals surface area contributed by atoms with Gasteiger partial charge in [-0.2, -0.15) is 11.8 Å². The Morgan fingerprint density at radius 2 is 1.80 bits per heavy atom. The molecule has 5 heteroatoms. The van der Waals surface area contributed by atoms with Crippen LogP contribution in [0.15, 0.2) is 0 Å². The van der Waals surface area contributed by atoms with Crippen molar-refractivity contribution >= 4 is 17.9 Å². The zero-order valence-corrected chi connectivity index (χ0v) is 17.6. The Balaban J connectivity index is 1.87. The van der Waals surface area contributed by atoms with Gasteiger partial charge >= 0.3 is 6.09 Å². The van der Waals surface area contributed by atoms with E-state index >= 15 is 0 Å². The molecule has 0 radical (unpaired) electrons. The molecule has 0 spiro atoms. The molecule has 0 unspecified atom stereocenters. The van der Waals surface area contributed by atoms with Crippen molar-refractivity contribution < 1.29 is 9.53 Å². The minimum atomic E-state index is -0.428. The Morgan fingerprint density at radius 1 is 1.16 bits per heavy atom. The predicted molar refractivity (Wildman–Crippen MR) is 107 cm³/mol. The van der Waals surface area contributed by atoms with Gasteiger partial charge in [0.25, 0.3) is 0 Å². The maximum atomic E-state index is 12.8. The van der Waals surface area contributed by atoms with Crippen LogP contribution < -0.4 is 5.32 Å². The van der Waals surface area contributed by atoms with E-state index in [-0.39, 0.29) is 6.09 Å². The summed E-state index contributed by atoms with van der Waals surface area (Å²) < 4.78 is 6.14. The third kappa shape index (κ3) is 6.67. The maximum absolute atomic E-state index is 12.8. The molecule has 0 bridgehead atoms. The highest BCUT2D eigenvalue weighted by atomic mass is 32.2. The highest BCUT2D eigenvalue weighted by Gasteiger charge is 2.35. The molecular formula is C20H38N2O2S. The van der Waals surface area contributed by atoms with Gasteiger partial charge in [0.05, 0.1) is 0 Å². The zero-order valence-electron chi connectivity index (χ0n) is 16.7. The van der Waals surface area contributed by atoms with Gasteiger partial charge in [-0.1, -0.05) is 32.1 Å². The van der Waals surface area contributed by atoms with Crippen molar-refractivity contribution in [2.24, 2.45) is 0 Å². The van der Waals surface area contributed by atoms with Crippen LogP contribution in [0.5, 0.6) is 0 Å². The summed E-state index contributed by atoms with van der Waals surface area (Å²) in [6.07, 6.45) is 13.4. The van der Waals surface area contributed by atoms with Crippen molar-refractivity contribution in [3.05, 3.63) is 0 Å². The number of rotatable bonds is 7. The Labute approximate surface area is 158 Å². The van der Waals surface area contributed by atoms with E-state index in [4.69, 9.17) is 4.74 Å². The number of ether oxygens (including phenoxy) is 1. The highest BCUT2D eigenvalue weighted by molar-refractivity contribution is 8.00. The number of nitrogens with zero attached hydrogens (tertiary/aromatic N) is 1. The third-order valence-electron chi connectivity index (χ3n) is 5.57. The van der Waals surface area contributed by atoms with Crippen LogP contribution in [-0.4, -0.2) is 53.3 Å². The summed E-state index contributed by atoms with van der Waals surface area (Å²) in [4.78, 5) is 14.8. The second-order valence-electron chi connectivity index (χ2n) is 8.74. The number of amides is 1. The molecule has 146 valence electrons. The van der Waals surface area contributed by atoms with Crippen LogP contribution in [-0.2, 0) is 4.74 Å². The van der Waals surface area contributed by atoms with Gasteiger partial charge in [-0.3, -0.25) is 0 Å². The van der Waals surface area contributed by atoms with Crippen molar-refractivity contribution in [1.82, 2.24) is 10.2 Å². The van der Waals surface area contributed by atoms with Crippen molar-refractivity contribution in [3.8, 4) is 0 Å². The van der Waals surface area contributed by atoms with Gasteiger partial charge in [0.2, 0.25) is 0 Å². The van der Waals surface area contributed by atoms with Crippen LogP contribution in [0.25, 0.3) is 0 Å². The van der Waals surface area contributed by atoms with Crippen LogP contribution in [0.4, 0.5) is 4.79 Å². The first-order valence-electron chi connectivity index (χ1n) is 10.1. The number of hydrogen-bond acceptors (Lipinski definition) is 4. The molecule has 2 fully saturated rings. The van der Waals surface area contributed by atoms with E-state index < -0.39 is 5.60 Å². The lowest BCUT2D eigenvalue weighted by atomic mass is 9.84. The van der Waals surface area contributed by atoms with Crippen molar-refractivity contribution in [1.29, 1.82) is 0 Å². The van der Waals surface area contributed by atoms with Gasteiger partial charge in [-0.05, 0) is 52.7 Å². The van der Waals surface area contributed by atoms with Crippen LogP contribution in [0, 0.1) is 0 Å². The van der Waals surface area contributed by atoms with Crippen LogP contribution in [0.2, 0.25) is 0 Å². The van der Waals surface area contributed by atoms with E-state index in [9.17, 15) is 4.79 Å². The molecule has 0 saturated heterocycles. The second kappa shape index (κ2) is 9.50. The number of nitrogens with one attached hydrogen (secondary N) is 1. The first kappa shape index (κ1) is 20.9. The Kier molecular flexibility index (Phi) is 7.93. The van der Waals surface area contributed by atoms with Gasteiger partial charge in [0.1, 0.15) is 5.60 Å². The second-order valence-corrected chi connectivity index (χ2v) is 10.0. The summed E-state index contributed by atoms with van der Waals surface area (Å²) in [5.41, 5.74) is -0.428. The normalized spacial score (nSPS) is 21.3.